The molecule has 0 bridgehead atoms. The quantitative estimate of drug-likeness (QED) is 0.685. The van der Waals surface area contributed by atoms with Crippen LogP contribution in [0.3, 0.4) is 0 Å². The van der Waals surface area contributed by atoms with Crippen molar-refractivity contribution in [2.24, 2.45) is 0 Å². The summed E-state index contributed by atoms with van der Waals surface area (Å²) in [6.45, 7) is 1.90. The Morgan fingerprint density at radius 2 is 2.10 bits per heavy atom. The number of ether oxygens (including phenoxy) is 1. The minimum absolute atomic E-state index is 0.106. The van der Waals surface area contributed by atoms with Crippen molar-refractivity contribution < 1.29 is 9.66 Å². The molecule has 1 aromatic heterocycles. The van der Waals surface area contributed by atoms with Gasteiger partial charge in [0, 0.05) is 7.05 Å². The number of nitrogens with one attached hydrogen (secondary N) is 1. The van der Waals surface area contributed by atoms with Crippen LogP contribution in [0.4, 0.5) is 11.5 Å². The zero-order chi connectivity index (χ0) is 14.7. The Morgan fingerprint density at radius 1 is 1.35 bits per heavy atom. The summed E-state index contributed by atoms with van der Waals surface area (Å²) in [6.07, 6.45) is 0. The third kappa shape index (κ3) is 3.16. The average Bonchev–Trinajstić information content (AvgIpc) is 2.41. The second-order valence-corrected chi connectivity index (χ2v) is 4.50. The van der Waals surface area contributed by atoms with Gasteiger partial charge in [0.2, 0.25) is 5.88 Å². The van der Waals surface area contributed by atoms with E-state index < -0.39 is 4.92 Å². The highest BCUT2D eigenvalue weighted by Crippen LogP contribution is 2.31. The number of benzene rings is 1. The maximum Gasteiger partial charge on any atom is 0.278 e. The Bertz CT molecular complexity index is 661. The minimum Gasteiger partial charge on any atom is -0.437 e. The summed E-state index contributed by atoms with van der Waals surface area (Å²) in [4.78, 5) is 14.4. The molecule has 20 heavy (non-hydrogen) atoms. The molecule has 0 spiro atoms. The monoisotopic (exact) mass is 293 g/mol. The number of hydrogen-bond donors (Lipinski definition) is 1. The van der Waals surface area contributed by atoms with E-state index in [0.29, 0.717) is 16.6 Å². The first-order valence-corrected chi connectivity index (χ1v) is 6.15. The number of anilines is 1. The Morgan fingerprint density at radius 3 is 2.70 bits per heavy atom. The molecule has 0 aliphatic rings. The van der Waals surface area contributed by atoms with Crippen LogP contribution >= 0.6 is 11.6 Å². The molecule has 0 saturated heterocycles. The van der Waals surface area contributed by atoms with Gasteiger partial charge in [-0.25, -0.2) is 0 Å². The van der Waals surface area contributed by atoms with Crippen molar-refractivity contribution in [2.75, 3.05) is 12.4 Å². The van der Waals surface area contributed by atoms with Gasteiger partial charge in [0.15, 0.2) is 0 Å². The molecule has 2 rings (SSSR count). The van der Waals surface area contributed by atoms with Gasteiger partial charge in [-0.1, -0.05) is 17.7 Å². The minimum atomic E-state index is -0.508. The van der Waals surface area contributed by atoms with Crippen molar-refractivity contribution in [3.63, 3.8) is 0 Å². The molecule has 0 atom stereocenters. The molecule has 0 fully saturated rings. The lowest BCUT2D eigenvalue weighted by Crippen LogP contribution is -1.98. The molecule has 0 saturated carbocycles. The first-order valence-electron chi connectivity index (χ1n) is 5.78. The lowest BCUT2D eigenvalue weighted by atomic mass is 10.2. The zero-order valence-electron chi connectivity index (χ0n) is 10.9. The van der Waals surface area contributed by atoms with E-state index in [4.69, 9.17) is 16.3 Å². The fourth-order valence-corrected chi connectivity index (χ4v) is 1.85. The van der Waals surface area contributed by atoms with Gasteiger partial charge in [0.25, 0.3) is 5.69 Å². The molecule has 104 valence electrons. The third-order valence-electron chi connectivity index (χ3n) is 2.56. The Hall–Kier alpha value is -2.34. The molecule has 0 amide bonds. The van der Waals surface area contributed by atoms with Gasteiger partial charge < -0.3 is 10.1 Å². The SMILES string of the molecule is CNc1cc([N+](=O)[O-])cc(Oc2ccc(C)cc2Cl)n1. The molecule has 0 aliphatic heterocycles. The van der Waals surface area contributed by atoms with Gasteiger partial charge >= 0.3 is 0 Å². The normalized spacial score (nSPS) is 10.2. The maximum absolute atomic E-state index is 10.9. The average molecular weight is 294 g/mol. The Kier molecular flexibility index (Phi) is 4.05. The van der Waals surface area contributed by atoms with E-state index in [-0.39, 0.29) is 11.6 Å². The highest BCUT2D eigenvalue weighted by atomic mass is 35.5. The van der Waals surface area contributed by atoms with Crippen LogP contribution in [0.1, 0.15) is 5.56 Å². The molecule has 1 N–H and O–H groups in total. The number of hydrogen-bond acceptors (Lipinski definition) is 5. The first kappa shape index (κ1) is 14.1. The molecular weight excluding hydrogens is 282 g/mol. The number of nitro groups is 1. The molecule has 2 aromatic rings. The summed E-state index contributed by atoms with van der Waals surface area (Å²) in [5.41, 5.74) is 0.882. The number of aromatic nitrogens is 1. The van der Waals surface area contributed by atoms with Crippen LogP contribution in [-0.4, -0.2) is 17.0 Å². The van der Waals surface area contributed by atoms with Gasteiger partial charge in [0.1, 0.15) is 11.6 Å². The van der Waals surface area contributed by atoms with E-state index in [2.05, 4.69) is 10.3 Å². The number of pyridine rings is 1. The molecule has 1 heterocycles. The molecule has 6 nitrogen and oxygen atoms in total. The standard InChI is InChI=1S/C13H12ClN3O3/c1-8-3-4-11(10(14)5-8)20-13-7-9(17(18)19)6-12(15-2)16-13/h3-7H,1-2H3,(H,15,16). The maximum atomic E-state index is 10.9. The fourth-order valence-electron chi connectivity index (χ4n) is 1.58. The van der Waals surface area contributed by atoms with Crippen molar-refractivity contribution in [3.8, 4) is 11.6 Å². The van der Waals surface area contributed by atoms with Gasteiger partial charge in [-0.15, -0.1) is 0 Å². The van der Waals surface area contributed by atoms with Crippen LogP contribution in [0.15, 0.2) is 30.3 Å². The van der Waals surface area contributed by atoms with E-state index in [1.807, 2.05) is 13.0 Å². The summed E-state index contributed by atoms with van der Waals surface area (Å²) in [5.74, 6) is 0.846. The highest BCUT2D eigenvalue weighted by molar-refractivity contribution is 6.32. The second kappa shape index (κ2) is 5.75. The largest absolute Gasteiger partial charge is 0.437 e. The summed E-state index contributed by atoms with van der Waals surface area (Å²) < 4.78 is 5.51. The van der Waals surface area contributed by atoms with Crippen LogP contribution in [0.2, 0.25) is 5.02 Å². The predicted molar refractivity (Wildman–Crippen MR) is 76.7 cm³/mol. The smallest absolute Gasteiger partial charge is 0.278 e. The Balaban J connectivity index is 2.37. The van der Waals surface area contributed by atoms with E-state index >= 15 is 0 Å². The van der Waals surface area contributed by atoms with Gasteiger partial charge in [-0.3, -0.25) is 10.1 Å². The molecule has 0 radical (unpaired) electrons. The van der Waals surface area contributed by atoms with Crippen LogP contribution < -0.4 is 10.1 Å². The van der Waals surface area contributed by atoms with Crippen LogP contribution in [0, 0.1) is 17.0 Å². The predicted octanol–water partition coefficient (Wildman–Crippen LogP) is 3.79. The highest BCUT2D eigenvalue weighted by Gasteiger charge is 2.13. The van der Waals surface area contributed by atoms with Gasteiger partial charge in [-0.2, -0.15) is 4.98 Å². The lowest BCUT2D eigenvalue weighted by molar-refractivity contribution is -0.384. The van der Waals surface area contributed by atoms with Crippen LogP contribution in [0.5, 0.6) is 11.6 Å². The van der Waals surface area contributed by atoms with Crippen LogP contribution in [0.25, 0.3) is 0 Å². The second-order valence-electron chi connectivity index (χ2n) is 4.09. The number of aryl methyl sites for hydroxylation is 1. The van der Waals surface area contributed by atoms with Crippen molar-refractivity contribution in [2.45, 2.75) is 6.92 Å². The zero-order valence-corrected chi connectivity index (χ0v) is 11.6. The number of halogens is 1. The molecule has 0 unspecified atom stereocenters. The van der Waals surface area contributed by atoms with Gasteiger partial charge in [0.05, 0.1) is 22.1 Å². The van der Waals surface area contributed by atoms with Crippen molar-refractivity contribution >= 4 is 23.1 Å². The molecule has 7 heteroatoms. The van der Waals surface area contributed by atoms with E-state index in [1.54, 1.807) is 19.2 Å². The summed E-state index contributed by atoms with van der Waals surface area (Å²) in [7, 11) is 1.62. The molecule has 1 aromatic carbocycles. The summed E-state index contributed by atoms with van der Waals surface area (Å²) in [5, 5.41) is 14.0. The lowest BCUT2D eigenvalue weighted by Gasteiger charge is -2.08. The Labute approximate surface area is 120 Å². The van der Waals surface area contributed by atoms with Crippen LogP contribution in [-0.2, 0) is 0 Å². The number of rotatable bonds is 4. The topological polar surface area (TPSA) is 77.3 Å². The summed E-state index contributed by atoms with van der Waals surface area (Å²) >= 11 is 6.05. The summed E-state index contributed by atoms with van der Waals surface area (Å²) in [6, 6.07) is 7.84. The first-order chi connectivity index (χ1) is 9.49. The van der Waals surface area contributed by atoms with Crippen molar-refractivity contribution in [3.05, 3.63) is 51.0 Å². The van der Waals surface area contributed by atoms with Crippen molar-refractivity contribution in [1.82, 2.24) is 4.98 Å². The van der Waals surface area contributed by atoms with E-state index in [0.717, 1.165) is 5.56 Å². The third-order valence-corrected chi connectivity index (χ3v) is 2.85. The number of nitrogens with zero attached hydrogens (tertiary/aromatic N) is 2. The molecule has 0 aliphatic carbocycles. The fraction of sp³-hybridized carbons (Fsp3) is 0.154. The molecular formula is C13H12ClN3O3. The van der Waals surface area contributed by atoms with Crippen molar-refractivity contribution in [1.29, 1.82) is 0 Å². The van der Waals surface area contributed by atoms with Gasteiger partial charge in [-0.05, 0) is 24.6 Å². The van der Waals surface area contributed by atoms with E-state index in [1.165, 1.54) is 12.1 Å². The van der Waals surface area contributed by atoms with E-state index in [9.17, 15) is 10.1 Å².